The van der Waals surface area contributed by atoms with Crippen LogP contribution in [-0.2, 0) is 6.42 Å². The van der Waals surface area contributed by atoms with Crippen molar-refractivity contribution in [1.82, 2.24) is 19.9 Å². The quantitative estimate of drug-likeness (QED) is 0.731. The summed E-state index contributed by atoms with van der Waals surface area (Å²) in [4.78, 5) is 18.3. The number of nitrogens with one attached hydrogen (secondary N) is 2. The summed E-state index contributed by atoms with van der Waals surface area (Å²) in [5, 5.41) is 6.67. The number of anilines is 2. The second-order valence-corrected chi connectivity index (χ2v) is 6.35. The fourth-order valence-electron chi connectivity index (χ4n) is 3.29. The van der Waals surface area contributed by atoms with Crippen LogP contribution in [0.1, 0.15) is 37.1 Å². The molecule has 0 saturated heterocycles. The van der Waals surface area contributed by atoms with Crippen molar-refractivity contribution in [3.05, 3.63) is 60.0 Å². The Bertz CT molecular complexity index is 880. The molecule has 0 aliphatic heterocycles. The highest BCUT2D eigenvalue weighted by atomic mass is 15.2. The van der Waals surface area contributed by atoms with Gasteiger partial charge >= 0.3 is 0 Å². The summed E-state index contributed by atoms with van der Waals surface area (Å²) in [6.07, 6.45) is 6.81. The Kier molecular flexibility index (Phi) is 4.73. The molecule has 2 heterocycles. The number of aromatic nitrogens is 4. The molecular formula is C20H22N6. The zero-order chi connectivity index (χ0) is 17.8. The van der Waals surface area contributed by atoms with Crippen LogP contribution < -0.4 is 10.6 Å². The number of hydrogen-bond acceptors (Lipinski definition) is 6. The Hall–Kier alpha value is -3.02. The van der Waals surface area contributed by atoms with Gasteiger partial charge in [0.25, 0.3) is 0 Å². The first-order valence-electron chi connectivity index (χ1n) is 9.08. The van der Waals surface area contributed by atoms with Crippen LogP contribution in [0.2, 0.25) is 0 Å². The average molecular weight is 346 g/mol. The lowest BCUT2D eigenvalue weighted by Gasteiger charge is -2.25. The van der Waals surface area contributed by atoms with E-state index in [1.54, 1.807) is 6.20 Å². The van der Waals surface area contributed by atoms with Gasteiger partial charge in [-0.3, -0.25) is 0 Å². The van der Waals surface area contributed by atoms with E-state index in [9.17, 15) is 0 Å². The van der Waals surface area contributed by atoms with E-state index >= 15 is 0 Å². The third-order valence-electron chi connectivity index (χ3n) is 4.53. The summed E-state index contributed by atoms with van der Waals surface area (Å²) in [5.41, 5.74) is 3.31. The van der Waals surface area contributed by atoms with Gasteiger partial charge in [0, 0.05) is 35.8 Å². The van der Waals surface area contributed by atoms with Crippen LogP contribution in [0.25, 0.3) is 11.4 Å². The number of fused-ring (bicyclic) bond motifs is 1. The van der Waals surface area contributed by atoms with Crippen molar-refractivity contribution in [2.75, 3.05) is 17.2 Å². The molecule has 2 aromatic heterocycles. The van der Waals surface area contributed by atoms with Crippen molar-refractivity contribution < 1.29 is 0 Å². The molecule has 6 heteroatoms. The monoisotopic (exact) mass is 346 g/mol. The van der Waals surface area contributed by atoms with Gasteiger partial charge in [0.2, 0.25) is 5.95 Å². The molecule has 0 amide bonds. The lowest BCUT2D eigenvalue weighted by molar-refractivity contribution is 0.581. The van der Waals surface area contributed by atoms with Crippen molar-refractivity contribution in [1.29, 1.82) is 0 Å². The number of aryl methyl sites for hydroxylation is 1. The number of benzene rings is 1. The van der Waals surface area contributed by atoms with Crippen molar-refractivity contribution in [3.8, 4) is 11.4 Å². The van der Waals surface area contributed by atoms with Gasteiger partial charge in [-0.25, -0.2) is 15.0 Å². The third kappa shape index (κ3) is 3.49. The molecule has 1 aliphatic carbocycles. The summed E-state index contributed by atoms with van der Waals surface area (Å²) >= 11 is 0. The molecule has 1 aromatic carbocycles. The third-order valence-corrected chi connectivity index (χ3v) is 4.53. The minimum Gasteiger partial charge on any atom is -0.370 e. The number of nitrogens with zero attached hydrogens (tertiary/aromatic N) is 4. The SMILES string of the molecule is CCNc1ccnc(NC2CCCc3nc(-c4ccccc4)ncc32)n1. The van der Waals surface area contributed by atoms with Crippen molar-refractivity contribution in [2.24, 2.45) is 0 Å². The molecular weight excluding hydrogens is 324 g/mol. The summed E-state index contributed by atoms with van der Waals surface area (Å²) in [6.45, 7) is 2.88. The highest BCUT2D eigenvalue weighted by molar-refractivity contribution is 5.55. The number of rotatable bonds is 5. The molecule has 26 heavy (non-hydrogen) atoms. The van der Waals surface area contributed by atoms with E-state index in [4.69, 9.17) is 4.98 Å². The van der Waals surface area contributed by atoms with Crippen LogP contribution in [0.4, 0.5) is 11.8 Å². The Balaban J connectivity index is 1.58. The molecule has 0 saturated carbocycles. The smallest absolute Gasteiger partial charge is 0.225 e. The average Bonchev–Trinajstić information content (AvgIpc) is 2.69. The van der Waals surface area contributed by atoms with Crippen molar-refractivity contribution in [3.63, 3.8) is 0 Å². The Morgan fingerprint density at radius 1 is 1.08 bits per heavy atom. The van der Waals surface area contributed by atoms with Crippen molar-refractivity contribution >= 4 is 11.8 Å². The molecule has 1 aliphatic rings. The zero-order valence-electron chi connectivity index (χ0n) is 14.8. The van der Waals surface area contributed by atoms with Crippen LogP contribution in [0, 0.1) is 0 Å². The molecule has 132 valence electrons. The van der Waals surface area contributed by atoms with Gasteiger partial charge < -0.3 is 10.6 Å². The summed E-state index contributed by atoms with van der Waals surface area (Å²) < 4.78 is 0. The lowest BCUT2D eigenvalue weighted by Crippen LogP contribution is -2.20. The van der Waals surface area contributed by atoms with Crippen LogP contribution >= 0.6 is 0 Å². The molecule has 0 bridgehead atoms. The van der Waals surface area contributed by atoms with Gasteiger partial charge in [-0.15, -0.1) is 0 Å². The fraction of sp³-hybridized carbons (Fsp3) is 0.300. The first-order valence-corrected chi connectivity index (χ1v) is 9.08. The summed E-state index contributed by atoms with van der Waals surface area (Å²) in [7, 11) is 0. The Labute approximate surface area is 153 Å². The molecule has 4 rings (SSSR count). The predicted octanol–water partition coefficient (Wildman–Crippen LogP) is 3.85. The first kappa shape index (κ1) is 16.4. The van der Waals surface area contributed by atoms with Crippen LogP contribution in [0.15, 0.2) is 48.8 Å². The largest absolute Gasteiger partial charge is 0.370 e. The van der Waals surface area contributed by atoms with Gasteiger partial charge in [0.05, 0.1) is 6.04 Å². The molecule has 0 fully saturated rings. The predicted molar refractivity (Wildman–Crippen MR) is 103 cm³/mol. The van der Waals surface area contributed by atoms with Crippen LogP contribution in [-0.4, -0.2) is 26.5 Å². The molecule has 6 nitrogen and oxygen atoms in total. The Morgan fingerprint density at radius 3 is 2.81 bits per heavy atom. The topological polar surface area (TPSA) is 75.6 Å². The molecule has 3 aromatic rings. The van der Waals surface area contributed by atoms with E-state index < -0.39 is 0 Å². The van der Waals surface area contributed by atoms with Crippen LogP contribution in [0.3, 0.4) is 0 Å². The minimum absolute atomic E-state index is 0.139. The molecule has 0 spiro atoms. The van der Waals surface area contributed by atoms with Gasteiger partial charge in [0.1, 0.15) is 5.82 Å². The summed E-state index contributed by atoms with van der Waals surface area (Å²) in [5.74, 6) is 2.25. The van der Waals surface area contributed by atoms with Gasteiger partial charge in [-0.1, -0.05) is 30.3 Å². The van der Waals surface area contributed by atoms with E-state index in [0.29, 0.717) is 5.95 Å². The van der Waals surface area contributed by atoms with Gasteiger partial charge in [-0.2, -0.15) is 4.98 Å². The standard InChI is InChI=1S/C20H22N6/c1-2-21-18-11-12-22-20(26-18)25-17-10-6-9-16-15(17)13-23-19(24-16)14-7-4-3-5-8-14/h3-5,7-8,11-13,17H,2,6,9-10H2,1H3,(H2,21,22,25,26). The maximum Gasteiger partial charge on any atom is 0.225 e. The molecule has 2 N–H and O–H groups in total. The second kappa shape index (κ2) is 7.47. The zero-order valence-corrected chi connectivity index (χ0v) is 14.8. The van der Waals surface area contributed by atoms with E-state index in [2.05, 4.69) is 25.6 Å². The van der Waals surface area contributed by atoms with E-state index in [-0.39, 0.29) is 6.04 Å². The second-order valence-electron chi connectivity index (χ2n) is 6.35. The normalized spacial score (nSPS) is 16.0. The number of hydrogen-bond donors (Lipinski definition) is 2. The van der Waals surface area contributed by atoms with Crippen LogP contribution in [0.5, 0.6) is 0 Å². The highest BCUT2D eigenvalue weighted by Crippen LogP contribution is 2.31. The minimum atomic E-state index is 0.139. The fourth-order valence-corrected chi connectivity index (χ4v) is 3.29. The van der Waals surface area contributed by atoms with E-state index in [1.165, 1.54) is 0 Å². The van der Waals surface area contributed by atoms with Crippen molar-refractivity contribution in [2.45, 2.75) is 32.2 Å². The maximum atomic E-state index is 4.82. The molecule has 1 atom stereocenters. The van der Waals surface area contributed by atoms with E-state index in [1.807, 2.05) is 49.5 Å². The van der Waals surface area contributed by atoms with E-state index in [0.717, 1.165) is 54.3 Å². The Morgan fingerprint density at radius 2 is 1.96 bits per heavy atom. The molecule has 1 unspecified atom stereocenters. The van der Waals surface area contributed by atoms with Gasteiger partial charge in [-0.05, 0) is 32.3 Å². The summed E-state index contributed by atoms with van der Waals surface area (Å²) in [6, 6.07) is 12.1. The maximum absolute atomic E-state index is 4.82. The molecule has 0 radical (unpaired) electrons. The lowest BCUT2D eigenvalue weighted by atomic mass is 9.92. The first-order chi connectivity index (χ1) is 12.8. The van der Waals surface area contributed by atoms with Gasteiger partial charge in [0.15, 0.2) is 5.82 Å². The highest BCUT2D eigenvalue weighted by Gasteiger charge is 2.23.